The molecule has 3 aromatic carbocycles. The van der Waals surface area contributed by atoms with E-state index in [0.29, 0.717) is 41.8 Å². The summed E-state index contributed by atoms with van der Waals surface area (Å²) in [5, 5.41) is 15.0. The summed E-state index contributed by atoms with van der Waals surface area (Å²) in [5.74, 6) is -0.203. The largest absolute Gasteiger partial charge is 0.507 e. The van der Waals surface area contributed by atoms with E-state index in [1.54, 1.807) is 24.3 Å². The molecule has 1 heterocycles. The Morgan fingerprint density at radius 1 is 0.906 bits per heavy atom. The fourth-order valence-corrected chi connectivity index (χ4v) is 3.97. The van der Waals surface area contributed by atoms with Gasteiger partial charge in [0.2, 0.25) is 0 Å². The summed E-state index contributed by atoms with van der Waals surface area (Å²) in [6.45, 7) is 4.22. The van der Waals surface area contributed by atoms with Crippen molar-refractivity contribution in [3.8, 4) is 16.9 Å². The lowest BCUT2D eigenvalue weighted by atomic mass is 9.94. The number of rotatable bonds is 6. The Morgan fingerprint density at radius 3 is 2.38 bits per heavy atom. The molecular weight excluding hydrogens is 403 g/mol. The summed E-state index contributed by atoms with van der Waals surface area (Å²) in [6, 6.07) is 21.4. The molecule has 4 aromatic rings. The molecule has 1 N–H and O–H groups in total. The number of phenols is 1. The van der Waals surface area contributed by atoms with Gasteiger partial charge in [0.05, 0.1) is 12.2 Å². The van der Waals surface area contributed by atoms with Gasteiger partial charge in [0.15, 0.2) is 0 Å². The molecule has 0 aliphatic carbocycles. The van der Waals surface area contributed by atoms with Gasteiger partial charge < -0.3 is 5.11 Å². The Hall–Kier alpha value is -3.73. The predicted molar refractivity (Wildman–Crippen MR) is 124 cm³/mol. The van der Waals surface area contributed by atoms with Crippen molar-refractivity contribution >= 4 is 0 Å². The van der Waals surface area contributed by atoms with Gasteiger partial charge in [-0.05, 0) is 56.0 Å². The molecule has 0 atom stereocenters. The van der Waals surface area contributed by atoms with Crippen LogP contribution in [0.2, 0.25) is 0 Å². The smallest absolute Gasteiger partial charge is 0.270 e. The lowest BCUT2D eigenvalue weighted by Crippen LogP contribution is -2.29. The molecule has 4 nitrogen and oxygen atoms in total. The van der Waals surface area contributed by atoms with Crippen LogP contribution in [0.25, 0.3) is 11.1 Å². The van der Waals surface area contributed by atoms with Crippen LogP contribution in [0.5, 0.6) is 5.75 Å². The third-order valence-electron chi connectivity index (χ3n) is 5.61. The van der Waals surface area contributed by atoms with E-state index in [0.717, 1.165) is 16.7 Å². The Labute approximate surface area is 186 Å². The van der Waals surface area contributed by atoms with E-state index in [4.69, 9.17) is 0 Å². The lowest BCUT2D eigenvalue weighted by molar-refractivity contribution is 0.477. The third kappa shape index (κ3) is 4.62. The van der Waals surface area contributed by atoms with Gasteiger partial charge in [0.25, 0.3) is 5.56 Å². The zero-order chi connectivity index (χ0) is 22.7. The van der Waals surface area contributed by atoms with Crippen LogP contribution in [0.4, 0.5) is 4.39 Å². The molecule has 0 fully saturated rings. The van der Waals surface area contributed by atoms with Crippen molar-refractivity contribution in [1.82, 2.24) is 9.78 Å². The van der Waals surface area contributed by atoms with Crippen LogP contribution in [0, 0.1) is 19.7 Å². The summed E-state index contributed by atoms with van der Waals surface area (Å²) >= 11 is 0. The van der Waals surface area contributed by atoms with E-state index in [1.807, 2.05) is 50.2 Å². The molecule has 0 aliphatic heterocycles. The Bertz CT molecular complexity index is 1310. The summed E-state index contributed by atoms with van der Waals surface area (Å²) in [7, 11) is 0. The number of para-hydroxylation sites is 1. The number of hydrogen-bond acceptors (Lipinski definition) is 3. The van der Waals surface area contributed by atoms with Crippen LogP contribution < -0.4 is 5.56 Å². The molecule has 0 spiro atoms. The molecule has 0 aliphatic rings. The lowest BCUT2D eigenvalue weighted by Gasteiger charge is -2.16. The first-order chi connectivity index (χ1) is 15.4. The monoisotopic (exact) mass is 428 g/mol. The zero-order valence-electron chi connectivity index (χ0n) is 18.2. The van der Waals surface area contributed by atoms with Crippen LogP contribution >= 0.6 is 0 Å². The zero-order valence-corrected chi connectivity index (χ0v) is 18.2. The van der Waals surface area contributed by atoms with E-state index >= 15 is 0 Å². The van der Waals surface area contributed by atoms with Crippen LogP contribution in [0.15, 0.2) is 77.6 Å². The molecule has 0 saturated heterocycles. The number of phenolic OH excluding ortho intramolecular Hbond substituents is 1. The van der Waals surface area contributed by atoms with E-state index in [-0.39, 0.29) is 17.1 Å². The number of halogens is 1. The van der Waals surface area contributed by atoms with Gasteiger partial charge in [-0.15, -0.1) is 0 Å². The van der Waals surface area contributed by atoms with Crippen molar-refractivity contribution in [2.45, 2.75) is 33.2 Å². The van der Waals surface area contributed by atoms with Crippen LogP contribution in [0.1, 0.15) is 27.9 Å². The summed E-state index contributed by atoms with van der Waals surface area (Å²) < 4.78 is 15.1. The first-order valence-corrected chi connectivity index (χ1v) is 10.6. The van der Waals surface area contributed by atoms with Crippen LogP contribution in [0.3, 0.4) is 0 Å². The van der Waals surface area contributed by atoms with Crippen molar-refractivity contribution in [3.63, 3.8) is 0 Å². The highest BCUT2D eigenvalue weighted by Crippen LogP contribution is 2.32. The quantitative estimate of drug-likeness (QED) is 0.459. The van der Waals surface area contributed by atoms with Crippen molar-refractivity contribution in [2.75, 3.05) is 0 Å². The van der Waals surface area contributed by atoms with Crippen LogP contribution in [-0.2, 0) is 19.4 Å². The molecule has 4 rings (SSSR count). The fourth-order valence-electron chi connectivity index (χ4n) is 3.97. The third-order valence-corrected chi connectivity index (χ3v) is 5.61. The number of aryl methyl sites for hydroxylation is 3. The van der Waals surface area contributed by atoms with E-state index in [9.17, 15) is 14.3 Å². The van der Waals surface area contributed by atoms with Crippen molar-refractivity contribution in [3.05, 3.63) is 117 Å². The van der Waals surface area contributed by atoms with Gasteiger partial charge in [0, 0.05) is 16.7 Å². The summed E-state index contributed by atoms with van der Waals surface area (Å²) in [5.41, 5.74) is 5.18. The molecule has 32 heavy (non-hydrogen) atoms. The number of benzene rings is 3. The van der Waals surface area contributed by atoms with Gasteiger partial charge in [-0.3, -0.25) is 4.79 Å². The number of aromatic nitrogens is 2. The van der Waals surface area contributed by atoms with E-state index < -0.39 is 0 Å². The Morgan fingerprint density at radius 2 is 1.66 bits per heavy atom. The second-order valence-electron chi connectivity index (χ2n) is 8.03. The minimum Gasteiger partial charge on any atom is -0.507 e. The number of nitrogens with zero attached hydrogens (tertiary/aromatic N) is 2. The normalized spacial score (nSPS) is 11.0. The molecule has 162 valence electrons. The predicted octanol–water partition coefficient (Wildman–Crippen LogP) is 5.21. The number of aromatic hydroxyl groups is 1. The maximum absolute atomic E-state index is 13.7. The first kappa shape index (κ1) is 21.5. The molecule has 0 saturated carbocycles. The van der Waals surface area contributed by atoms with Crippen molar-refractivity contribution < 1.29 is 9.50 Å². The molecule has 0 radical (unpaired) electrons. The summed E-state index contributed by atoms with van der Waals surface area (Å²) in [4.78, 5) is 13.5. The van der Waals surface area contributed by atoms with Crippen molar-refractivity contribution in [2.24, 2.45) is 0 Å². The summed E-state index contributed by atoms with van der Waals surface area (Å²) in [6.07, 6.45) is 0.908. The minimum atomic E-state index is -0.300. The molecule has 1 aromatic heterocycles. The minimum absolute atomic E-state index is 0.0973. The maximum Gasteiger partial charge on any atom is 0.270 e. The van der Waals surface area contributed by atoms with Gasteiger partial charge in [0.1, 0.15) is 11.6 Å². The fraction of sp³-hybridized carbons (Fsp3) is 0.185. The highest BCUT2D eigenvalue weighted by atomic mass is 19.1. The molecule has 5 heteroatoms. The SMILES string of the molecule is Cc1ccc(Cn2nc(C)c(-c3ccccc3O)c(CCc3cccc(F)c3)c2=O)cc1. The van der Waals surface area contributed by atoms with E-state index in [2.05, 4.69) is 5.10 Å². The molecule has 0 unspecified atom stereocenters. The standard InChI is InChI=1S/C27H25FN2O2/c1-18-10-12-21(13-11-18)17-30-27(32)24(15-14-20-6-5-7-22(28)16-20)26(19(2)29-30)23-8-3-4-9-25(23)31/h3-13,16,31H,14-15,17H2,1-2H3. The highest BCUT2D eigenvalue weighted by molar-refractivity contribution is 5.74. The van der Waals surface area contributed by atoms with Gasteiger partial charge in [-0.1, -0.05) is 60.2 Å². The van der Waals surface area contributed by atoms with E-state index in [1.165, 1.54) is 16.8 Å². The topological polar surface area (TPSA) is 55.1 Å². The highest BCUT2D eigenvalue weighted by Gasteiger charge is 2.19. The van der Waals surface area contributed by atoms with Gasteiger partial charge in [-0.2, -0.15) is 5.10 Å². The molecule has 0 bridgehead atoms. The maximum atomic E-state index is 13.7. The molecular formula is C27H25FN2O2. The average Bonchev–Trinajstić information content (AvgIpc) is 2.77. The Balaban J connectivity index is 1.80. The van der Waals surface area contributed by atoms with Crippen molar-refractivity contribution in [1.29, 1.82) is 0 Å². The molecule has 0 amide bonds. The Kier molecular flexibility index (Phi) is 6.17. The van der Waals surface area contributed by atoms with Crippen LogP contribution in [-0.4, -0.2) is 14.9 Å². The van der Waals surface area contributed by atoms with Gasteiger partial charge >= 0.3 is 0 Å². The average molecular weight is 429 g/mol. The number of hydrogen-bond donors (Lipinski definition) is 1. The second kappa shape index (κ2) is 9.18. The van der Waals surface area contributed by atoms with Gasteiger partial charge in [-0.25, -0.2) is 9.07 Å². The first-order valence-electron chi connectivity index (χ1n) is 10.6. The second-order valence-corrected chi connectivity index (χ2v) is 8.03.